The van der Waals surface area contributed by atoms with Crippen molar-refractivity contribution in [3.63, 3.8) is 0 Å². The molecule has 2 aliphatic rings. The van der Waals surface area contributed by atoms with Gasteiger partial charge in [-0.2, -0.15) is 0 Å². The molecule has 2 amide bonds. The molecule has 0 aliphatic carbocycles. The van der Waals surface area contributed by atoms with Crippen LogP contribution in [-0.2, 0) is 11.3 Å². The van der Waals surface area contributed by atoms with Crippen molar-refractivity contribution in [3.05, 3.63) is 83.9 Å². The minimum atomic E-state index is -0.546. The Bertz CT molecular complexity index is 1160. The topological polar surface area (TPSA) is 67.7 Å². The first-order valence-corrected chi connectivity index (χ1v) is 11.5. The van der Waals surface area contributed by atoms with Gasteiger partial charge in [0.2, 0.25) is 0 Å². The van der Waals surface area contributed by atoms with Crippen LogP contribution in [0.25, 0.3) is 0 Å². The van der Waals surface area contributed by atoms with Crippen molar-refractivity contribution in [2.75, 3.05) is 24.5 Å². The third-order valence-corrected chi connectivity index (χ3v) is 6.74. The van der Waals surface area contributed by atoms with Crippen LogP contribution in [0.5, 0.6) is 0 Å². The van der Waals surface area contributed by atoms with Gasteiger partial charge < -0.3 is 14.2 Å². The van der Waals surface area contributed by atoms with E-state index in [9.17, 15) is 9.59 Å². The Hall–Kier alpha value is -3.61. The number of ether oxygens (including phenoxy) is 1. The molecule has 1 aromatic heterocycles. The molecule has 1 spiro atoms. The number of hydrogen-bond donors (Lipinski definition) is 0. The predicted octanol–water partition coefficient (Wildman–Crippen LogP) is 4.26. The summed E-state index contributed by atoms with van der Waals surface area (Å²) in [6, 6.07) is 17.4. The lowest BCUT2D eigenvalue weighted by Crippen LogP contribution is -2.37. The van der Waals surface area contributed by atoms with Crippen molar-refractivity contribution in [3.8, 4) is 0 Å². The Labute approximate surface area is 193 Å². The maximum atomic E-state index is 13.5. The fourth-order valence-electron chi connectivity index (χ4n) is 4.85. The fourth-order valence-corrected chi connectivity index (χ4v) is 4.85. The van der Waals surface area contributed by atoms with Gasteiger partial charge in [-0.1, -0.05) is 36.4 Å². The van der Waals surface area contributed by atoms with Crippen molar-refractivity contribution in [1.29, 1.82) is 0 Å². The summed E-state index contributed by atoms with van der Waals surface area (Å²) < 4.78 is 7.96. The van der Waals surface area contributed by atoms with E-state index in [1.165, 1.54) is 0 Å². The largest absolute Gasteiger partial charge is 0.441 e. The Morgan fingerprint density at radius 3 is 2.64 bits per heavy atom. The monoisotopic (exact) mass is 444 g/mol. The molecule has 5 rings (SSSR count). The van der Waals surface area contributed by atoms with Gasteiger partial charge >= 0.3 is 6.09 Å². The molecular formula is C26H28N4O3. The van der Waals surface area contributed by atoms with Crippen LogP contribution in [0.4, 0.5) is 10.5 Å². The molecule has 3 heterocycles. The summed E-state index contributed by atoms with van der Waals surface area (Å²) in [5.74, 6) is 0.949. The van der Waals surface area contributed by atoms with Gasteiger partial charge in [0.25, 0.3) is 5.91 Å². The van der Waals surface area contributed by atoms with Gasteiger partial charge in [-0.25, -0.2) is 9.78 Å². The summed E-state index contributed by atoms with van der Waals surface area (Å²) in [6.45, 7) is 4.30. The van der Waals surface area contributed by atoms with Crippen LogP contribution in [0.2, 0.25) is 0 Å². The molecule has 0 bridgehead atoms. The smallest absolute Gasteiger partial charge is 0.415 e. The number of hydrogen-bond acceptors (Lipinski definition) is 4. The first-order valence-electron chi connectivity index (χ1n) is 11.5. The molecule has 2 fully saturated rings. The van der Waals surface area contributed by atoms with Crippen molar-refractivity contribution >= 4 is 17.7 Å². The molecule has 2 saturated heterocycles. The van der Waals surface area contributed by atoms with Gasteiger partial charge in [0.15, 0.2) is 0 Å². The zero-order chi connectivity index (χ0) is 22.8. The zero-order valence-corrected chi connectivity index (χ0v) is 18.8. The highest BCUT2D eigenvalue weighted by Gasteiger charge is 2.46. The third-order valence-electron chi connectivity index (χ3n) is 6.74. The summed E-state index contributed by atoms with van der Waals surface area (Å²) in [5.41, 5.74) is 2.00. The summed E-state index contributed by atoms with van der Waals surface area (Å²) in [5, 5.41) is 0. The van der Waals surface area contributed by atoms with E-state index in [-0.39, 0.29) is 12.0 Å². The number of anilines is 1. The van der Waals surface area contributed by atoms with Gasteiger partial charge in [-0.15, -0.1) is 0 Å². The van der Waals surface area contributed by atoms with E-state index in [2.05, 4.69) is 4.98 Å². The number of para-hydroxylation sites is 1. The van der Waals surface area contributed by atoms with Crippen molar-refractivity contribution in [2.24, 2.45) is 0 Å². The van der Waals surface area contributed by atoms with Gasteiger partial charge in [-0.3, -0.25) is 9.69 Å². The minimum absolute atomic E-state index is 0.0321. The number of aromatic nitrogens is 2. The lowest BCUT2D eigenvalue weighted by atomic mass is 9.95. The normalized spacial score (nSPS) is 20.7. The van der Waals surface area contributed by atoms with Crippen LogP contribution in [-0.4, -0.2) is 51.7 Å². The number of carbonyl (C=O) groups is 2. The van der Waals surface area contributed by atoms with Crippen molar-refractivity contribution in [2.45, 2.75) is 38.3 Å². The van der Waals surface area contributed by atoms with Crippen LogP contribution >= 0.6 is 0 Å². The lowest BCUT2D eigenvalue weighted by molar-refractivity contribution is 0.0438. The molecule has 2 aromatic carbocycles. The molecule has 7 heteroatoms. The van der Waals surface area contributed by atoms with E-state index in [1.54, 1.807) is 11.1 Å². The van der Waals surface area contributed by atoms with E-state index < -0.39 is 5.60 Å². The Kier molecular flexibility index (Phi) is 5.62. The number of aryl methyl sites for hydroxylation is 1. The number of amides is 2. The average Bonchev–Trinajstić information content (AvgIpc) is 3.31. The summed E-state index contributed by atoms with van der Waals surface area (Å²) in [7, 11) is 0. The Morgan fingerprint density at radius 2 is 1.85 bits per heavy atom. The highest BCUT2D eigenvalue weighted by atomic mass is 16.6. The second kappa shape index (κ2) is 8.73. The molecule has 1 unspecified atom stereocenters. The quantitative estimate of drug-likeness (QED) is 0.603. The van der Waals surface area contributed by atoms with Gasteiger partial charge in [0, 0.05) is 49.7 Å². The second-order valence-electron chi connectivity index (χ2n) is 8.88. The maximum absolute atomic E-state index is 13.5. The van der Waals surface area contributed by atoms with Gasteiger partial charge in [0.1, 0.15) is 11.4 Å². The molecule has 7 nitrogen and oxygen atoms in total. The summed E-state index contributed by atoms with van der Waals surface area (Å²) >= 11 is 0. The highest BCUT2D eigenvalue weighted by molar-refractivity contribution is 5.96. The van der Waals surface area contributed by atoms with Crippen LogP contribution in [0.1, 0.15) is 41.0 Å². The van der Waals surface area contributed by atoms with Crippen molar-refractivity contribution in [1.82, 2.24) is 14.5 Å². The average molecular weight is 445 g/mol. The Morgan fingerprint density at radius 1 is 1.06 bits per heavy atom. The van der Waals surface area contributed by atoms with Crippen LogP contribution in [0.15, 0.2) is 67.0 Å². The highest BCUT2D eigenvalue weighted by Crippen LogP contribution is 2.36. The molecule has 0 radical (unpaired) electrons. The minimum Gasteiger partial charge on any atom is -0.441 e. The molecule has 2 aliphatic heterocycles. The number of benzene rings is 2. The molecule has 0 N–H and O–H groups in total. The van der Waals surface area contributed by atoms with Gasteiger partial charge in [-0.05, 0) is 43.5 Å². The second-order valence-corrected chi connectivity index (χ2v) is 8.88. The molecule has 3 aromatic rings. The lowest BCUT2D eigenvalue weighted by Gasteiger charge is -2.26. The first kappa shape index (κ1) is 21.2. The number of carbonyl (C=O) groups excluding carboxylic acids is 2. The molecule has 1 atom stereocenters. The number of likely N-dealkylation sites (tertiary alicyclic amines) is 1. The number of imidazole rings is 1. The van der Waals surface area contributed by atoms with Gasteiger partial charge in [0.05, 0.1) is 6.54 Å². The molecular weight excluding hydrogens is 416 g/mol. The van der Waals surface area contributed by atoms with E-state index >= 15 is 0 Å². The first-order chi connectivity index (χ1) is 16.0. The number of nitrogens with zero attached hydrogens (tertiary/aromatic N) is 4. The van der Waals surface area contributed by atoms with E-state index in [4.69, 9.17) is 4.74 Å². The SMILES string of the molecule is Cc1nccn1Cc1ccccc1C(=O)N1CCCC2(CC1)CN(c1ccccc1)C(=O)O2. The molecule has 170 valence electrons. The van der Waals surface area contributed by atoms with E-state index in [0.29, 0.717) is 32.6 Å². The van der Waals surface area contributed by atoms with Crippen LogP contribution in [0.3, 0.4) is 0 Å². The van der Waals surface area contributed by atoms with E-state index in [1.807, 2.05) is 77.2 Å². The summed E-state index contributed by atoms with van der Waals surface area (Å²) in [4.78, 5) is 34.1. The zero-order valence-electron chi connectivity index (χ0n) is 18.8. The standard InChI is InChI=1S/C26H28N4O3/c1-20-27-14-17-29(20)18-21-8-5-6-11-23(21)24(31)28-15-7-12-26(13-16-28)19-30(25(32)33-26)22-9-3-2-4-10-22/h2-6,8-11,14,17H,7,12-13,15-16,18-19H2,1H3. The van der Waals surface area contributed by atoms with Crippen LogP contribution < -0.4 is 4.90 Å². The number of rotatable bonds is 4. The van der Waals surface area contributed by atoms with Crippen molar-refractivity contribution < 1.29 is 14.3 Å². The third kappa shape index (κ3) is 4.23. The fraction of sp³-hybridized carbons (Fsp3) is 0.346. The molecule has 0 saturated carbocycles. The molecule has 33 heavy (non-hydrogen) atoms. The van der Waals surface area contributed by atoms with E-state index in [0.717, 1.165) is 35.5 Å². The summed E-state index contributed by atoms with van der Waals surface area (Å²) in [6.07, 6.45) is 5.58. The maximum Gasteiger partial charge on any atom is 0.415 e. The Balaban J connectivity index is 1.31. The predicted molar refractivity (Wildman–Crippen MR) is 125 cm³/mol. The van der Waals surface area contributed by atoms with Crippen LogP contribution in [0, 0.1) is 6.92 Å².